The van der Waals surface area contributed by atoms with Crippen LogP contribution in [-0.2, 0) is 21.5 Å². The topological polar surface area (TPSA) is 80.7 Å². The van der Waals surface area contributed by atoms with Gasteiger partial charge in [-0.1, -0.05) is 19.4 Å². The van der Waals surface area contributed by atoms with Gasteiger partial charge in [0.25, 0.3) is 5.60 Å². The first kappa shape index (κ1) is 27.1. The number of hydrogen-bond acceptors (Lipinski definition) is 6. The SMILES string of the molecule is CCCc1cc(C(OCOC)(C(F)(F)F)C(F)(F)F)ccc1Oc1cc(C(=O)[O-])c(I)cn1. The average molecular weight is 592 g/mol. The third-order valence-electron chi connectivity index (χ3n) is 4.44. The fourth-order valence-corrected chi connectivity index (χ4v) is 3.50. The Labute approximate surface area is 198 Å². The highest BCUT2D eigenvalue weighted by molar-refractivity contribution is 14.1. The molecule has 0 aliphatic carbocycles. The standard InChI is InChI=1S/C20H18F6INO5/c1-3-4-11-7-12(18(19(21,22)23,20(24,25)26)32-10-31-2)5-6-15(11)33-16-8-13(17(29)30)14(27)9-28-16/h5-9H,3-4,10H2,1-2H3,(H,29,30)/p-1. The first-order chi connectivity index (χ1) is 15.3. The highest BCUT2D eigenvalue weighted by atomic mass is 127. The van der Waals surface area contributed by atoms with Gasteiger partial charge in [-0.3, -0.25) is 0 Å². The quantitative estimate of drug-likeness (QED) is 0.238. The molecule has 0 saturated heterocycles. The fourth-order valence-electron chi connectivity index (χ4n) is 2.99. The molecule has 33 heavy (non-hydrogen) atoms. The third kappa shape index (κ3) is 5.69. The second kappa shape index (κ2) is 10.4. The van der Waals surface area contributed by atoms with Crippen molar-refractivity contribution >= 4 is 28.6 Å². The summed E-state index contributed by atoms with van der Waals surface area (Å²) in [5.74, 6) is -1.83. The molecule has 1 aromatic heterocycles. The molecule has 0 aliphatic rings. The van der Waals surface area contributed by atoms with Crippen molar-refractivity contribution in [3.8, 4) is 11.6 Å². The van der Waals surface area contributed by atoms with Gasteiger partial charge in [-0.15, -0.1) is 0 Å². The Bertz CT molecular complexity index is 982. The number of pyridine rings is 1. The van der Waals surface area contributed by atoms with Gasteiger partial charge in [0, 0.05) is 34.1 Å². The van der Waals surface area contributed by atoms with Crippen molar-refractivity contribution in [2.45, 2.75) is 37.7 Å². The van der Waals surface area contributed by atoms with Crippen LogP contribution in [0.3, 0.4) is 0 Å². The number of carboxylic acid groups (broad SMARTS) is 1. The molecule has 0 fully saturated rings. The molecule has 0 amide bonds. The van der Waals surface area contributed by atoms with E-state index < -0.39 is 36.3 Å². The molecule has 0 aliphatic heterocycles. The second-order valence-corrected chi connectivity index (χ2v) is 7.85. The zero-order valence-corrected chi connectivity index (χ0v) is 19.3. The third-order valence-corrected chi connectivity index (χ3v) is 5.30. The van der Waals surface area contributed by atoms with Crippen LogP contribution in [0.15, 0.2) is 30.5 Å². The van der Waals surface area contributed by atoms with E-state index in [4.69, 9.17) is 4.74 Å². The normalized spacial score (nSPS) is 12.6. The molecule has 0 bridgehead atoms. The number of aryl methyl sites for hydroxylation is 1. The van der Waals surface area contributed by atoms with Crippen molar-refractivity contribution in [2.24, 2.45) is 0 Å². The molecule has 0 spiro atoms. The smallest absolute Gasteiger partial charge is 0.430 e. The molecular formula is C20H17F6INO5-. The summed E-state index contributed by atoms with van der Waals surface area (Å²) in [4.78, 5) is 15.1. The van der Waals surface area contributed by atoms with E-state index in [0.29, 0.717) is 18.6 Å². The van der Waals surface area contributed by atoms with Gasteiger partial charge in [0.1, 0.15) is 12.5 Å². The first-order valence-electron chi connectivity index (χ1n) is 9.23. The van der Waals surface area contributed by atoms with Crippen LogP contribution in [0, 0.1) is 3.57 Å². The molecule has 2 aromatic rings. The van der Waals surface area contributed by atoms with E-state index in [-0.39, 0.29) is 32.7 Å². The van der Waals surface area contributed by atoms with Crippen LogP contribution in [-0.4, -0.2) is 37.2 Å². The van der Waals surface area contributed by atoms with Crippen molar-refractivity contribution < 1.29 is 50.5 Å². The average Bonchev–Trinajstić information content (AvgIpc) is 2.69. The van der Waals surface area contributed by atoms with E-state index in [9.17, 15) is 36.2 Å². The molecule has 1 heterocycles. The van der Waals surface area contributed by atoms with Gasteiger partial charge in [0.05, 0.1) is 5.97 Å². The number of carbonyl (C=O) groups is 1. The van der Waals surface area contributed by atoms with Crippen LogP contribution < -0.4 is 9.84 Å². The fraction of sp³-hybridized carbons (Fsp3) is 0.400. The molecule has 6 nitrogen and oxygen atoms in total. The summed E-state index contributed by atoms with van der Waals surface area (Å²) >= 11 is 1.71. The van der Waals surface area contributed by atoms with Crippen molar-refractivity contribution in [2.75, 3.05) is 13.9 Å². The lowest BCUT2D eigenvalue weighted by Crippen LogP contribution is -2.56. The molecule has 0 unspecified atom stereocenters. The van der Waals surface area contributed by atoms with Gasteiger partial charge in [0.15, 0.2) is 0 Å². The minimum absolute atomic E-state index is 0.00393. The number of carbonyl (C=O) groups excluding carboxylic acids is 1. The van der Waals surface area contributed by atoms with Gasteiger partial charge in [0.2, 0.25) is 5.88 Å². The van der Waals surface area contributed by atoms with Gasteiger partial charge in [-0.25, -0.2) is 4.98 Å². The predicted octanol–water partition coefficient (Wildman–Crippen LogP) is 4.73. The van der Waals surface area contributed by atoms with Gasteiger partial charge in [-0.05, 0) is 46.7 Å². The molecule has 182 valence electrons. The number of rotatable bonds is 9. The van der Waals surface area contributed by atoms with E-state index in [1.54, 1.807) is 29.5 Å². The van der Waals surface area contributed by atoms with Gasteiger partial charge >= 0.3 is 12.4 Å². The zero-order chi connectivity index (χ0) is 25.0. The maximum atomic E-state index is 13.8. The summed E-state index contributed by atoms with van der Waals surface area (Å²) in [6, 6.07) is 3.23. The summed E-state index contributed by atoms with van der Waals surface area (Å²) in [6.45, 7) is 0.398. The number of carboxylic acids is 1. The minimum atomic E-state index is -5.86. The molecule has 0 saturated carbocycles. The summed E-state index contributed by atoms with van der Waals surface area (Å²) in [6.07, 6.45) is -10.1. The monoisotopic (exact) mass is 592 g/mol. The Morgan fingerprint density at radius 1 is 1.12 bits per heavy atom. The van der Waals surface area contributed by atoms with Crippen LogP contribution in [0.1, 0.15) is 34.8 Å². The number of halogens is 7. The van der Waals surface area contributed by atoms with Crippen molar-refractivity contribution in [3.63, 3.8) is 0 Å². The number of aromatic nitrogens is 1. The highest BCUT2D eigenvalue weighted by Gasteiger charge is 2.73. The Morgan fingerprint density at radius 2 is 1.76 bits per heavy atom. The molecular weight excluding hydrogens is 575 g/mol. The Hall–Kier alpha value is -2.13. The maximum absolute atomic E-state index is 13.8. The van der Waals surface area contributed by atoms with Crippen LogP contribution >= 0.6 is 22.6 Å². The predicted molar refractivity (Wildman–Crippen MR) is 109 cm³/mol. The van der Waals surface area contributed by atoms with E-state index in [1.165, 1.54) is 6.20 Å². The Morgan fingerprint density at radius 3 is 2.27 bits per heavy atom. The van der Waals surface area contributed by atoms with Crippen LogP contribution in [0.4, 0.5) is 26.3 Å². The Kier molecular flexibility index (Phi) is 8.57. The summed E-state index contributed by atoms with van der Waals surface area (Å²) in [7, 11) is 0.895. The summed E-state index contributed by atoms with van der Waals surface area (Å²) in [5.41, 5.74) is -6.08. The lowest BCUT2D eigenvalue weighted by molar-refractivity contribution is -0.400. The van der Waals surface area contributed by atoms with Crippen molar-refractivity contribution in [3.05, 3.63) is 50.7 Å². The van der Waals surface area contributed by atoms with E-state index in [2.05, 4.69) is 14.5 Å². The van der Waals surface area contributed by atoms with E-state index in [0.717, 1.165) is 19.2 Å². The van der Waals surface area contributed by atoms with Crippen LogP contribution in [0.5, 0.6) is 11.6 Å². The Balaban J connectivity index is 2.62. The zero-order valence-electron chi connectivity index (χ0n) is 17.1. The van der Waals surface area contributed by atoms with Crippen LogP contribution in [0.2, 0.25) is 0 Å². The second-order valence-electron chi connectivity index (χ2n) is 6.69. The number of alkyl halides is 6. The molecule has 13 heteroatoms. The molecule has 0 N–H and O–H groups in total. The number of hydrogen-bond donors (Lipinski definition) is 0. The van der Waals surface area contributed by atoms with Gasteiger partial charge < -0.3 is 24.1 Å². The number of methoxy groups -OCH3 is 1. The minimum Gasteiger partial charge on any atom is -0.545 e. The van der Waals surface area contributed by atoms with Crippen molar-refractivity contribution in [1.29, 1.82) is 0 Å². The van der Waals surface area contributed by atoms with E-state index >= 15 is 0 Å². The summed E-state index contributed by atoms with van der Waals surface area (Å²) < 4.78 is 97.1. The lowest BCUT2D eigenvalue weighted by Gasteiger charge is -2.37. The number of aromatic carboxylic acids is 1. The van der Waals surface area contributed by atoms with Gasteiger partial charge in [-0.2, -0.15) is 26.3 Å². The summed E-state index contributed by atoms with van der Waals surface area (Å²) in [5, 5.41) is 11.2. The number of ether oxygens (including phenoxy) is 3. The lowest BCUT2D eigenvalue weighted by atomic mass is 9.89. The van der Waals surface area contributed by atoms with Crippen molar-refractivity contribution in [1.82, 2.24) is 4.98 Å². The number of nitrogens with zero attached hydrogens (tertiary/aromatic N) is 1. The largest absolute Gasteiger partial charge is 0.545 e. The number of benzene rings is 1. The molecule has 1 aromatic carbocycles. The molecule has 0 radical (unpaired) electrons. The molecule has 2 rings (SSSR count). The molecule has 0 atom stereocenters. The maximum Gasteiger partial charge on any atom is 0.430 e. The van der Waals surface area contributed by atoms with Crippen LogP contribution in [0.25, 0.3) is 0 Å². The first-order valence-corrected chi connectivity index (χ1v) is 10.3. The highest BCUT2D eigenvalue weighted by Crippen LogP contribution is 2.53. The van der Waals surface area contributed by atoms with E-state index in [1.807, 2.05) is 0 Å².